The number of nitrogens with one attached hydrogen (secondary N) is 1. The van der Waals surface area contributed by atoms with Gasteiger partial charge in [-0.3, -0.25) is 0 Å². The van der Waals surface area contributed by atoms with Crippen LogP contribution in [0.25, 0.3) is 5.69 Å². The molecule has 0 spiro atoms. The average molecular weight is 345 g/mol. The second-order valence-corrected chi connectivity index (χ2v) is 5.98. The Morgan fingerprint density at radius 2 is 2.00 bits per heavy atom. The zero-order valence-corrected chi connectivity index (χ0v) is 14.3. The molecular formula is C16H23ClF2N4. The van der Waals surface area contributed by atoms with Gasteiger partial charge in [0.1, 0.15) is 11.5 Å². The average Bonchev–Trinajstić information content (AvgIpc) is 2.93. The maximum absolute atomic E-state index is 13.7. The lowest BCUT2D eigenvalue weighted by molar-refractivity contribution is 0.266. The summed E-state index contributed by atoms with van der Waals surface area (Å²) >= 11 is 0. The number of nitrogens with two attached hydrogens (primary N) is 1. The van der Waals surface area contributed by atoms with Crippen molar-refractivity contribution in [2.24, 2.45) is 11.7 Å². The Kier molecular flexibility index (Phi) is 6.68. The molecule has 0 fully saturated rings. The monoisotopic (exact) mass is 344 g/mol. The molecule has 128 valence electrons. The molecule has 0 bridgehead atoms. The van der Waals surface area contributed by atoms with E-state index >= 15 is 0 Å². The highest BCUT2D eigenvalue weighted by molar-refractivity contribution is 5.85. The third-order valence-corrected chi connectivity index (χ3v) is 4.17. The fourth-order valence-electron chi connectivity index (χ4n) is 2.06. The van der Waals surface area contributed by atoms with E-state index in [1.54, 1.807) is 12.3 Å². The molecule has 23 heavy (non-hydrogen) atoms. The molecule has 1 aromatic carbocycles. The van der Waals surface area contributed by atoms with E-state index in [2.05, 4.69) is 31.2 Å². The van der Waals surface area contributed by atoms with Crippen molar-refractivity contribution in [2.75, 3.05) is 6.54 Å². The van der Waals surface area contributed by atoms with Gasteiger partial charge in [0.25, 0.3) is 0 Å². The molecular weight excluding hydrogens is 322 g/mol. The van der Waals surface area contributed by atoms with Crippen LogP contribution < -0.4 is 11.1 Å². The molecule has 2 aromatic rings. The fraction of sp³-hybridized carbons (Fsp3) is 0.438. The first-order valence-electron chi connectivity index (χ1n) is 7.31. The van der Waals surface area contributed by atoms with Crippen molar-refractivity contribution < 1.29 is 8.78 Å². The van der Waals surface area contributed by atoms with Crippen molar-refractivity contribution >= 4 is 12.4 Å². The summed E-state index contributed by atoms with van der Waals surface area (Å²) in [5, 5.41) is 7.71. The van der Waals surface area contributed by atoms with Gasteiger partial charge in [-0.25, -0.2) is 13.5 Å². The van der Waals surface area contributed by atoms with Crippen LogP contribution in [0.4, 0.5) is 8.78 Å². The van der Waals surface area contributed by atoms with Crippen LogP contribution in [0.3, 0.4) is 0 Å². The Labute approximate surface area is 141 Å². The summed E-state index contributed by atoms with van der Waals surface area (Å²) in [5.41, 5.74) is 6.63. The van der Waals surface area contributed by atoms with Crippen molar-refractivity contribution in [1.29, 1.82) is 0 Å². The summed E-state index contributed by atoms with van der Waals surface area (Å²) in [4.78, 5) is 0. The van der Waals surface area contributed by atoms with Crippen LogP contribution in [0, 0.1) is 17.6 Å². The number of hydrogen-bond donors (Lipinski definition) is 2. The third-order valence-electron chi connectivity index (χ3n) is 4.17. The predicted octanol–water partition coefficient (Wildman–Crippen LogP) is 3.04. The fourth-order valence-corrected chi connectivity index (χ4v) is 2.06. The summed E-state index contributed by atoms with van der Waals surface area (Å²) in [5.74, 6) is -0.878. The molecule has 1 aromatic heterocycles. The quantitative estimate of drug-likeness (QED) is 0.847. The standard InChI is InChI=1S/C16H22F2N4.ClH/c1-11(2)16(3,10-19)20-9-13-6-7-22(21-13)15-5-4-12(17)8-14(15)18;/h4-8,11,20H,9-10,19H2,1-3H3;1H. The molecule has 3 N–H and O–H groups in total. The molecule has 0 radical (unpaired) electrons. The number of hydrogen-bond acceptors (Lipinski definition) is 3. The number of halogens is 3. The number of aromatic nitrogens is 2. The van der Waals surface area contributed by atoms with E-state index in [1.807, 2.05) is 0 Å². The minimum Gasteiger partial charge on any atom is -0.329 e. The molecule has 0 saturated carbocycles. The van der Waals surface area contributed by atoms with Crippen LogP contribution in [0.2, 0.25) is 0 Å². The van der Waals surface area contributed by atoms with Crippen LogP contribution in [-0.4, -0.2) is 21.9 Å². The second-order valence-electron chi connectivity index (χ2n) is 5.98. The normalized spacial score (nSPS) is 13.7. The summed E-state index contributed by atoms with van der Waals surface area (Å²) < 4.78 is 28.1. The summed E-state index contributed by atoms with van der Waals surface area (Å²) in [6.45, 7) is 7.31. The van der Waals surface area contributed by atoms with E-state index in [-0.39, 0.29) is 23.6 Å². The zero-order valence-electron chi connectivity index (χ0n) is 13.5. The Bertz CT molecular complexity index is 645. The molecule has 1 atom stereocenters. The van der Waals surface area contributed by atoms with Crippen LogP contribution in [0.5, 0.6) is 0 Å². The Hall–Kier alpha value is -1.50. The summed E-state index contributed by atoms with van der Waals surface area (Å²) in [6.07, 6.45) is 1.66. The lowest BCUT2D eigenvalue weighted by Gasteiger charge is -2.33. The van der Waals surface area contributed by atoms with Crippen LogP contribution >= 0.6 is 12.4 Å². The van der Waals surface area contributed by atoms with Crippen molar-refractivity contribution in [3.05, 3.63) is 47.8 Å². The van der Waals surface area contributed by atoms with Gasteiger partial charge >= 0.3 is 0 Å². The van der Waals surface area contributed by atoms with E-state index < -0.39 is 11.6 Å². The van der Waals surface area contributed by atoms with E-state index in [0.29, 0.717) is 19.0 Å². The highest BCUT2D eigenvalue weighted by Crippen LogP contribution is 2.17. The van der Waals surface area contributed by atoms with Gasteiger partial charge < -0.3 is 11.1 Å². The first kappa shape index (κ1) is 19.5. The number of rotatable bonds is 6. The first-order valence-corrected chi connectivity index (χ1v) is 7.31. The number of nitrogens with zero attached hydrogens (tertiary/aromatic N) is 2. The lowest BCUT2D eigenvalue weighted by Crippen LogP contribution is -2.52. The molecule has 1 unspecified atom stereocenters. The van der Waals surface area contributed by atoms with Gasteiger partial charge in [0.15, 0.2) is 5.82 Å². The predicted molar refractivity (Wildman–Crippen MR) is 89.9 cm³/mol. The Balaban J connectivity index is 0.00000264. The van der Waals surface area contributed by atoms with Crippen molar-refractivity contribution in [1.82, 2.24) is 15.1 Å². The highest BCUT2D eigenvalue weighted by Gasteiger charge is 2.26. The Morgan fingerprint density at radius 1 is 1.30 bits per heavy atom. The van der Waals surface area contributed by atoms with Crippen molar-refractivity contribution in [2.45, 2.75) is 32.9 Å². The van der Waals surface area contributed by atoms with Crippen molar-refractivity contribution in [3.8, 4) is 5.69 Å². The maximum atomic E-state index is 13.7. The highest BCUT2D eigenvalue weighted by atomic mass is 35.5. The Morgan fingerprint density at radius 3 is 2.57 bits per heavy atom. The first-order chi connectivity index (χ1) is 10.4. The third kappa shape index (κ3) is 4.50. The van der Waals surface area contributed by atoms with Gasteiger partial charge in [0, 0.05) is 30.9 Å². The molecule has 4 nitrogen and oxygen atoms in total. The van der Waals surface area contributed by atoms with Gasteiger partial charge in [0.05, 0.1) is 5.69 Å². The van der Waals surface area contributed by atoms with E-state index in [0.717, 1.165) is 11.8 Å². The smallest absolute Gasteiger partial charge is 0.151 e. The largest absolute Gasteiger partial charge is 0.329 e. The minimum absolute atomic E-state index is 0. The van der Waals surface area contributed by atoms with Crippen molar-refractivity contribution in [3.63, 3.8) is 0 Å². The molecule has 1 heterocycles. The SMILES string of the molecule is CC(C)C(C)(CN)NCc1ccn(-c2ccc(F)cc2F)n1.Cl. The van der Waals surface area contributed by atoms with Gasteiger partial charge in [-0.2, -0.15) is 5.10 Å². The van der Waals surface area contributed by atoms with Gasteiger partial charge in [0.2, 0.25) is 0 Å². The molecule has 0 aliphatic rings. The summed E-state index contributed by atoms with van der Waals surface area (Å²) in [7, 11) is 0. The summed E-state index contributed by atoms with van der Waals surface area (Å²) in [6, 6.07) is 5.22. The second kappa shape index (κ2) is 7.86. The molecule has 2 rings (SSSR count). The van der Waals surface area contributed by atoms with Crippen LogP contribution in [0.15, 0.2) is 30.5 Å². The minimum atomic E-state index is -0.642. The zero-order chi connectivity index (χ0) is 16.3. The van der Waals surface area contributed by atoms with E-state index in [1.165, 1.54) is 16.8 Å². The number of benzene rings is 1. The van der Waals surface area contributed by atoms with Crippen LogP contribution in [-0.2, 0) is 6.54 Å². The maximum Gasteiger partial charge on any atom is 0.151 e. The lowest BCUT2D eigenvalue weighted by atomic mass is 9.88. The topological polar surface area (TPSA) is 55.9 Å². The molecule has 0 amide bonds. The molecule has 0 saturated heterocycles. The molecule has 0 aliphatic heterocycles. The molecule has 7 heteroatoms. The van der Waals surface area contributed by atoms with E-state index in [9.17, 15) is 8.78 Å². The van der Waals surface area contributed by atoms with Crippen LogP contribution in [0.1, 0.15) is 26.5 Å². The molecule has 0 aliphatic carbocycles. The van der Waals surface area contributed by atoms with Gasteiger partial charge in [-0.05, 0) is 31.0 Å². The van der Waals surface area contributed by atoms with Gasteiger partial charge in [-0.1, -0.05) is 13.8 Å². The van der Waals surface area contributed by atoms with Gasteiger partial charge in [-0.15, -0.1) is 12.4 Å². The van der Waals surface area contributed by atoms with E-state index in [4.69, 9.17) is 5.73 Å².